The zero-order valence-electron chi connectivity index (χ0n) is 7.63. The lowest BCUT2D eigenvalue weighted by Gasteiger charge is -2.03. The number of pyridine rings is 1. The number of hydrogen-bond acceptors (Lipinski definition) is 1. The van der Waals surface area contributed by atoms with Crippen LogP contribution in [0.5, 0.6) is 0 Å². The second-order valence-electron chi connectivity index (χ2n) is 3.19. The number of hydrogen-bond donors (Lipinski definition) is 0. The van der Waals surface area contributed by atoms with Crippen LogP contribution in [0.15, 0.2) is 28.7 Å². The molecule has 1 heterocycles. The molecule has 13 heavy (non-hydrogen) atoms. The molecular weight excluding hydrogens is 226 g/mol. The first-order valence-electron chi connectivity index (χ1n) is 4.21. The number of fused-ring (bicyclic) bond motifs is 1. The molecule has 66 valence electrons. The fourth-order valence-corrected chi connectivity index (χ4v) is 1.77. The Bertz CT molecular complexity index is 463. The van der Waals surface area contributed by atoms with Crippen molar-refractivity contribution >= 4 is 26.8 Å². The van der Waals surface area contributed by atoms with Gasteiger partial charge >= 0.3 is 0 Å². The highest BCUT2D eigenvalue weighted by molar-refractivity contribution is 9.10. The van der Waals surface area contributed by atoms with Gasteiger partial charge in [0, 0.05) is 15.6 Å². The van der Waals surface area contributed by atoms with Gasteiger partial charge in [0.15, 0.2) is 0 Å². The molecule has 1 aromatic heterocycles. The van der Waals surface area contributed by atoms with Gasteiger partial charge in [0.05, 0.1) is 5.52 Å². The molecule has 0 aliphatic heterocycles. The summed E-state index contributed by atoms with van der Waals surface area (Å²) in [6, 6.07) is 8.25. The van der Waals surface area contributed by atoms with Crippen molar-refractivity contribution in [2.45, 2.75) is 13.8 Å². The fraction of sp³-hybridized carbons (Fsp3) is 0.182. The Morgan fingerprint density at radius 2 is 1.85 bits per heavy atom. The summed E-state index contributed by atoms with van der Waals surface area (Å²) in [4.78, 5) is 4.46. The Morgan fingerprint density at radius 3 is 2.62 bits per heavy atom. The number of halogens is 1. The summed E-state index contributed by atoms with van der Waals surface area (Å²) in [5.74, 6) is 0. The minimum Gasteiger partial charge on any atom is -0.253 e. The van der Waals surface area contributed by atoms with Crippen molar-refractivity contribution in [3.63, 3.8) is 0 Å². The van der Waals surface area contributed by atoms with Crippen molar-refractivity contribution in [3.8, 4) is 0 Å². The Morgan fingerprint density at radius 1 is 1.08 bits per heavy atom. The van der Waals surface area contributed by atoms with Crippen molar-refractivity contribution in [1.82, 2.24) is 4.98 Å². The Balaban J connectivity index is 2.87. The van der Waals surface area contributed by atoms with E-state index in [0.29, 0.717) is 0 Å². The zero-order chi connectivity index (χ0) is 9.42. The molecule has 0 saturated carbocycles. The van der Waals surface area contributed by atoms with Crippen LogP contribution in [-0.2, 0) is 0 Å². The number of benzene rings is 1. The summed E-state index contributed by atoms with van der Waals surface area (Å²) in [6.45, 7) is 4.11. The van der Waals surface area contributed by atoms with Gasteiger partial charge in [0.1, 0.15) is 0 Å². The molecule has 0 saturated heterocycles. The van der Waals surface area contributed by atoms with Crippen LogP contribution in [0.2, 0.25) is 0 Å². The highest BCUT2D eigenvalue weighted by Crippen LogP contribution is 2.24. The Hall–Kier alpha value is -0.890. The lowest BCUT2D eigenvalue weighted by molar-refractivity contribution is 1.25. The highest BCUT2D eigenvalue weighted by Gasteiger charge is 2.01. The van der Waals surface area contributed by atoms with Crippen LogP contribution in [0.25, 0.3) is 10.9 Å². The maximum Gasteiger partial charge on any atom is 0.0708 e. The number of aryl methyl sites for hydroxylation is 2. The molecular formula is C11H10BrN. The fourth-order valence-electron chi connectivity index (χ4n) is 1.43. The average Bonchev–Trinajstić information content (AvgIpc) is 2.12. The first-order valence-corrected chi connectivity index (χ1v) is 5.00. The van der Waals surface area contributed by atoms with Crippen LogP contribution in [0, 0.1) is 13.8 Å². The molecule has 0 fully saturated rings. The number of nitrogens with zero attached hydrogens (tertiary/aromatic N) is 1. The van der Waals surface area contributed by atoms with Gasteiger partial charge in [-0.3, -0.25) is 4.98 Å². The van der Waals surface area contributed by atoms with E-state index < -0.39 is 0 Å². The first kappa shape index (κ1) is 8.70. The third-order valence-electron chi connectivity index (χ3n) is 2.21. The summed E-state index contributed by atoms with van der Waals surface area (Å²) >= 11 is 3.51. The predicted octanol–water partition coefficient (Wildman–Crippen LogP) is 3.61. The van der Waals surface area contributed by atoms with E-state index in [2.05, 4.69) is 33.9 Å². The molecule has 2 aromatic rings. The summed E-state index contributed by atoms with van der Waals surface area (Å²) in [6.07, 6.45) is 0. The van der Waals surface area contributed by atoms with E-state index >= 15 is 0 Å². The van der Waals surface area contributed by atoms with E-state index in [1.165, 1.54) is 10.9 Å². The van der Waals surface area contributed by atoms with Crippen LogP contribution in [-0.4, -0.2) is 4.98 Å². The van der Waals surface area contributed by atoms with Crippen molar-refractivity contribution in [1.29, 1.82) is 0 Å². The van der Waals surface area contributed by atoms with Gasteiger partial charge < -0.3 is 0 Å². The van der Waals surface area contributed by atoms with E-state index in [9.17, 15) is 0 Å². The molecule has 0 spiro atoms. The Labute approximate surface area is 85.9 Å². The number of aromatic nitrogens is 1. The van der Waals surface area contributed by atoms with Gasteiger partial charge in [0.25, 0.3) is 0 Å². The molecule has 0 bridgehead atoms. The topological polar surface area (TPSA) is 12.9 Å². The molecule has 1 aromatic carbocycles. The van der Waals surface area contributed by atoms with E-state index in [1.807, 2.05) is 25.1 Å². The molecule has 0 amide bonds. The third-order valence-corrected chi connectivity index (χ3v) is 3.07. The average molecular weight is 236 g/mol. The van der Waals surface area contributed by atoms with E-state index in [-0.39, 0.29) is 0 Å². The van der Waals surface area contributed by atoms with Gasteiger partial charge in [-0.15, -0.1) is 0 Å². The maximum absolute atomic E-state index is 4.46. The van der Waals surface area contributed by atoms with Crippen molar-refractivity contribution in [2.75, 3.05) is 0 Å². The van der Waals surface area contributed by atoms with Gasteiger partial charge in [-0.2, -0.15) is 0 Å². The molecule has 2 rings (SSSR count). The minimum atomic E-state index is 1.06. The highest BCUT2D eigenvalue weighted by atomic mass is 79.9. The first-order chi connectivity index (χ1) is 6.18. The molecule has 1 nitrogen and oxygen atoms in total. The van der Waals surface area contributed by atoms with Crippen molar-refractivity contribution in [2.24, 2.45) is 0 Å². The van der Waals surface area contributed by atoms with Gasteiger partial charge in [-0.25, -0.2) is 0 Å². The minimum absolute atomic E-state index is 1.06. The van der Waals surface area contributed by atoms with Gasteiger partial charge in [-0.1, -0.05) is 22.0 Å². The normalized spacial score (nSPS) is 10.7. The molecule has 0 aliphatic carbocycles. The van der Waals surface area contributed by atoms with E-state index in [0.717, 1.165) is 15.7 Å². The molecule has 0 unspecified atom stereocenters. The molecule has 0 aliphatic rings. The predicted molar refractivity (Wildman–Crippen MR) is 58.9 cm³/mol. The summed E-state index contributed by atoms with van der Waals surface area (Å²) in [5, 5.41) is 1.22. The second-order valence-corrected chi connectivity index (χ2v) is 4.05. The van der Waals surface area contributed by atoms with E-state index in [4.69, 9.17) is 0 Å². The lowest BCUT2D eigenvalue weighted by atomic mass is 10.1. The largest absolute Gasteiger partial charge is 0.253 e. The SMILES string of the molecule is Cc1ccc2c(C)c(Br)ccc2n1. The lowest BCUT2D eigenvalue weighted by Crippen LogP contribution is -1.86. The monoisotopic (exact) mass is 235 g/mol. The smallest absolute Gasteiger partial charge is 0.0708 e. The zero-order valence-corrected chi connectivity index (χ0v) is 9.22. The van der Waals surface area contributed by atoms with Crippen molar-refractivity contribution < 1.29 is 0 Å². The van der Waals surface area contributed by atoms with E-state index in [1.54, 1.807) is 0 Å². The van der Waals surface area contributed by atoms with Crippen LogP contribution in [0.1, 0.15) is 11.3 Å². The molecule has 0 atom stereocenters. The standard InChI is InChI=1S/C11H10BrN/c1-7-3-4-9-8(2)10(12)5-6-11(9)13-7/h3-6H,1-2H3. The molecule has 0 radical (unpaired) electrons. The van der Waals surface area contributed by atoms with Crippen LogP contribution >= 0.6 is 15.9 Å². The summed E-state index contributed by atoms with van der Waals surface area (Å²) < 4.78 is 1.14. The van der Waals surface area contributed by atoms with Crippen LogP contribution < -0.4 is 0 Å². The maximum atomic E-state index is 4.46. The van der Waals surface area contributed by atoms with Crippen LogP contribution in [0.4, 0.5) is 0 Å². The van der Waals surface area contributed by atoms with Crippen LogP contribution in [0.3, 0.4) is 0 Å². The quantitative estimate of drug-likeness (QED) is 0.680. The molecule has 2 heteroatoms. The summed E-state index contributed by atoms with van der Waals surface area (Å²) in [5.41, 5.74) is 3.39. The number of rotatable bonds is 0. The second kappa shape index (κ2) is 3.11. The summed E-state index contributed by atoms with van der Waals surface area (Å²) in [7, 11) is 0. The third kappa shape index (κ3) is 1.46. The van der Waals surface area contributed by atoms with Crippen molar-refractivity contribution in [3.05, 3.63) is 40.0 Å². The van der Waals surface area contributed by atoms with Gasteiger partial charge in [0.2, 0.25) is 0 Å². The molecule has 0 N–H and O–H groups in total. The Kier molecular flexibility index (Phi) is 2.08. The van der Waals surface area contributed by atoms with Gasteiger partial charge in [-0.05, 0) is 37.6 Å².